The lowest BCUT2D eigenvalue weighted by atomic mass is 10.1. The lowest BCUT2D eigenvalue weighted by Gasteiger charge is -2.19. The van der Waals surface area contributed by atoms with E-state index >= 15 is 0 Å². The van der Waals surface area contributed by atoms with E-state index in [-0.39, 0.29) is 10.8 Å². The molecule has 4 nitrogen and oxygen atoms in total. The van der Waals surface area contributed by atoms with Gasteiger partial charge in [-0.25, -0.2) is 0 Å². The summed E-state index contributed by atoms with van der Waals surface area (Å²) in [6.07, 6.45) is 2.26. The summed E-state index contributed by atoms with van der Waals surface area (Å²) in [5, 5.41) is -0.168. The molecule has 0 saturated heterocycles. The number of ether oxygens (including phenoxy) is 2. The lowest BCUT2D eigenvalue weighted by Crippen LogP contribution is -2.33. The van der Waals surface area contributed by atoms with Crippen LogP contribution in [0, 0.1) is 0 Å². The number of primary amides is 1. The minimum Gasteiger partial charge on any atom is -0.479 e. The smallest absolute Gasteiger partial charge is 0.416 e. The van der Waals surface area contributed by atoms with Crippen molar-refractivity contribution in [2.75, 3.05) is 6.26 Å². The van der Waals surface area contributed by atoms with Gasteiger partial charge < -0.3 is 15.2 Å². The monoisotopic (exact) mass is 489 g/mol. The summed E-state index contributed by atoms with van der Waals surface area (Å²) in [6.45, 7) is 2.13. The molecule has 0 radical (unpaired) electrons. The van der Waals surface area contributed by atoms with Gasteiger partial charge in [-0.3, -0.25) is 4.79 Å². The molecule has 176 valence electrons. The molecule has 2 rings (SSSR count). The van der Waals surface area contributed by atoms with Crippen LogP contribution >= 0.6 is 23.4 Å². The van der Waals surface area contributed by atoms with Crippen molar-refractivity contribution in [1.82, 2.24) is 0 Å². The molecule has 0 aliphatic rings. The van der Waals surface area contributed by atoms with Gasteiger partial charge in [-0.05, 0) is 49.4 Å². The van der Waals surface area contributed by atoms with E-state index in [1.165, 1.54) is 11.8 Å². The van der Waals surface area contributed by atoms with Crippen molar-refractivity contribution in [3.63, 3.8) is 0 Å². The second-order valence-corrected chi connectivity index (χ2v) is 8.52. The van der Waals surface area contributed by atoms with Crippen LogP contribution in [-0.4, -0.2) is 18.3 Å². The van der Waals surface area contributed by atoms with Crippen molar-refractivity contribution < 1.29 is 27.4 Å². The number of thioether (sulfide) groups is 1. The third-order valence-electron chi connectivity index (χ3n) is 4.78. The fourth-order valence-corrected chi connectivity index (χ4v) is 3.78. The maximum atomic E-state index is 12.8. The Balaban J connectivity index is 2.16. The molecule has 1 atom stereocenters. The third kappa shape index (κ3) is 7.81. The Bertz CT molecular complexity index is 909. The summed E-state index contributed by atoms with van der Waals surface area (Å²) in [5.41, 5.74) is 4.68. The predicted molar refractivity (Wildman–Crippen MR) is 122 cm³/mol. The number of unbranched alkanes of at least 4 members (excludes halogenated alkanes) is 4. The van der Waals surface area contributed by atoms with E-state index in [0.717, 1.165) is 55.2 Å². The van der Waals surface area contributed by atoms with Crippen LogP contribution in [0.15, 0.2) is 41.3 Å². The van der Waals surface area contributed by atoms with E-state index in [2.05, 4.69) is 6.92 Å². The van der Waals surface area contributed by atoms with E-state index in [1.807, 2.05) is 6.26 Å². The van der Waals surface area contributed by atoms with Gasteiger partial charge in [0, 0.05) is 11.0 Å². The zero-order valence-electron chi connectivity index (χ0n) is 18.0. The Kier molecular flexibility index (Phi) is 10.0. The zero-order chi connectivity index (χ0) is 23.7. The number of benzene rings is 2. The maximum absolute atomic E-state index is 12.8. The number of alkyl halides is 3. The number of hydrogen-bond acceptors (Lipinski definition) is 4. The molecule has 0 heterocycles. The van der Waals surface area contributed by atoms with Gasteiger partial charge in [0.05, 0.1) is 10.6 Å². The molecular formula is C23H27ClF3NO3S. The van der Waals surface area contributed by atoms with E-state index in [9.17, 15) is 18.0 Å². The minimum atomic E-state index is -4.50. The number of halogens is 4. The molecule has 0 fully saturated rings. The average molecular weight is 490 g/mol. The molecule has 2 aromatic carbocycles. The number of rotatable bonds is 12. The van der Waals surface area contributed by atoms with Crippen molar-refractivity contribution in [3.05, 3.63) is 47.0 Å². The van der Waals surface area contributed by atoms with Gasteiger partial charge in [-0.1, -0.05) is 44.2 Å². The van der Waals surface area contributed by atoms with Gasteiger partial charge in [0.1, 0.15) is 17.2 Å². The molecular weight excluding hydrogens is 463 g/mol. The Morgan fingerprint density at radius 2 is 1.81 bits per heavy atom. The van der Waals surface area contributed by atoms with Gasteiger partial charge in [-0.15, -0.1) is 11.8 Å². The highest BCUT2D eigenvalue weighted by Gasteiger charge is 2.31. The summed E-state index contributed by atoms with van der Waals surface area (Å²) in [7, 11) is 0. The molecule has 0 aromatic heterocycles. The van der Waals surface area contributed by atoms with Crippen LogP contribution in [-0.2, 0) is 11.0 Å². The minimum absolute atomic E-state index is 0.0740. The van der Waals surface area contributed by atoms with E-state index < -0.39 is 23.8 Å². The van der Waals surface area contributed by atoms with Gasteiger partial charge in [-0.2, -0.15) is 13.2 Å². The summed E-state index contributed by atoms with van der Waals surface area (Å²) in [6, 6.07) is 7.84. The van der Waals surface area contributed by atoms with Crippen molar-refractivity contribution in [3.8, 4) is 17.2 Å². The normalized spacial score (nSPS) is 12.4. The molecule has 2 N–H and O–H groups in total. The molecule has 1 unspecified atom stereocenters. The number of carbonyl (C=O) groups is 1. The molecule has 1 amide bonds. The molecule has 0 aliphatic heterocycles. The molecule has 0 bridgehead atoms. The van der Waals surface area contributed by atoms with Crippen molar-refractivity contribution in [1.29, 1.82) is 0 Å². The molecule has 32 heavy (non-hydrogen) atoms. The fraction of sp³-hybridized carbons (Fsp3) is 0.435. The summed E-state index contributed by atoms with van der Waals surface area (Å²) < 4.78 is 50.1. The number of hydrogen-bond donors (Lipinski definition) is 1. The van der Waals surface area contributed by atoms with Crippen molar-refractivity contribution in [2.24, 2.45) is 5.73 Å². The van der Waals surface area contributed by atoms with Gasteiger partial charge in [0.25, 0.3) is 5.91 Å². The van der Waals surface area contributed by atoms with Crippen LogP contribution in [0.5, 0.6) is 17.2 Å². The Morgan fingerprint density at radius 1 is 1.09 bits per heavy atom. The molecule has 0 aliphatic carbocycles. The van der Waals surface area contributed by atoms with E-state index in [1.54, 1.807) is 18.2 Å². The number of amides is 1. The molecule has 0 saturated carbocycles. The van der Waals surface area contributed by atoms with Crippen LogP contribution in [0.3, 0.4) is 0 Å². The average Bonchev–Trinajstić information content (AvgIpc) is 2.73. The van der Waals surface area contributed by atoms with Gasteiger partial charge in [0.15, 0.2) is 6.10 Å². The molecule has 2 aromatic rings. The SMILES string of the molecule is CCCCCCCC(Oc1cc(Oc2ccc(C(F)(F)F)cc2Cl)ccc1SC)C(N)=O. The summed E-state index contributed by atoms with van der Waals surface area (Å²) in [5.74, 6) is 0.246. The fourth-order valence-electron chi connectivity index (χ4n) is 3.05. The first kappa shape index (κ1) is 26.2. The highest BCUT2D eigenvalue weighted by Crippen LogP contribution is 2.38. The topological polar surface area (TPSA) is 61.6 Å². The Hall–Kier alpha value is -2.06. The van der Waals surface area contributed by atoms with Crippen LogP contribution < -0.4 is 15.2 Å². The maximum Gasteiger partial charge on any atom is 0.416 e. The van der Waals surface area contributed by atoms with Gasteiger partial charge in [0.2, 0.25) is 0 Å². The largest absolute Gasteiger partial charge is 0.479 e. The number of carbonyl (C=O) groups excluding carboxylic acids is 1. The third-order valence-corrected chi connectivity index (χ3v) is 5.85. The quantitative estimate of drug-likeness (QED) is 0.248. The van der Waals surface area contributed by atoms with Crippen LogP contribution in [0.4, 0.5) is 13.2 Å². The van der Waals surface area contributed by atoms with Gasteiger partial charge >= 0.3 is 6.18 Å². The van der Waals surface area contributed by atoms with Crippen LogP contribution in [0.1, 0.15) is 51.0 Å². The van der Waals surface area contributed by atoms with Crippen LogP contribution in [0.2, 0.25) is 5.02 Å². The molecule has 0 spiro atoms. The first-order chi connectivity index (χ1) is 15.2. The summed E-state index contributed by atoms with van der Waals surface area (Å²) in [4.78, 5) is 12.7. The first-order valence-electron chi connectivity index (χ1n) is 10.3. The highest BCUT2D eigenvalue weighted by molar-refractivity contribution is 7.98. The van der Waals surface area contributed by atoms with Crippen LogP contribution in [0.25, 0.3) is 0 Å². The Morgan fingerprint density at radius 3 is 2.41 bits per heavy atom. The zero-order valence-corrected chi connectivity index (χ0v) is 19.6. The predicted octanol–water partition coefficient (Wildman–Crippen LogP) is 7.47. The van der Waals surface area contributed by atoms with E-state index in [4.69, 9.17) is 26.8 Å². The molecule has 9 heteroatoms. The summed E-state index contributed by atoms with van der Waals surface area (Å²) >= 11 is 7.40. The first-order valence-corrected chi connectivity index (χ1v) is 11.9. The second-order valence-electron chi connectivity index (χ2n) is 7.27. The highest BCUT2D eigenvalue weighted by atomic mass is 35.5. The van der Waals surface area contributed by atoms with Crippen molar-refractivity contribution in [2.45, 2.75) is 62.6 Å². The lowest BCUT2D eigenvalue weighted by molar-refractivity contribution is -0.137. The number of nitrogens with two attached hydrogens (primary N) is 1. The second kappa shape index (κ2) is 12.3. The van der Waals surface area contributed by atoms with Crippen molar-refractivity contribution >= 4 is 29.3 Å². The Labute approximate surface area is 195 Å². The standard InChI is InChI=1S/C23H27ClF3NO3S/c1-3-4-5-6-7-8-19(22(28)29)31-20-14-16(10-12-21(20)32-2)30-18-11-9-15(13-17(18)24)23(25,26)27/h9-14,19H,3-8H2,1-2H3,(H2,28,29). The van der Waals surface area contributed by atoms with E-state index in [0.29, 0.717) is 17.9 Å².